The van der Waals surface area contributed by atoms with E-state index in [2.05, 4.69) is 31.2 Å². The molecule has 0 aliphatic rings. The normalized spacial score (nSPS) is 9.96. The van der Waals surface area contributed by atoms with E-state index in [4.69, 9.17) is 9.84 Å². The number of aliphatic hydroxyl groups is 1. The number of hydrogen-bond acceptors (Lipinski definition) is 4. The zero-order chi connectivity index (χ0) is 17.1. The number of benzene rings is 2. The highest BCUT2D eigenvalue weighted by molar-refractivity contribution is 5.34. The van der Waals surface area contributed by atoms with Crippen molar-refractivity contribution in [3.05, 3.63) is 64.6 Å². The lowest BCUT2D eigenvalue weighted by molar-refractivity contribution is 0.399. The Morgan fingerprint density at radius 1 is 0.913 bits per heavy atom. The topological polar surface area (TPSA) is 58.9 Å². The Balaban J connectivity index is 0.00000127. The maximum atomic E-state index is 10.2. The number of aliphatic hydroxyl groups excluding tert-OH is 1. The van der Waals surface area contributed by atoms with Crippen LogP contribution >= 0.6 is 0 Å². The minimum absolute atomic E-state index is 0.199. The van der Waals surface area contributed by atoms with Crippen molar-refractivity contribution < 1.29 is 9.84 Å². The van der Waals surface area contributed by atoms with Gasteiger partial charge in [0.1, 0.15) is 18.0 Å². The van der Waals surface area contributed by atoms with Crippen LogP contribution in [0.3, 0.4) is 0 Å². The molecule has 1 N–H and O–H groups in total. The largest absolute Gasteiger partial charge is 0.457 e. The van der Waals surface area contributed by atoms with Crippen LogP contribution in [0.2, 0.25) is 0 Å². The van der Waals surface area contributed by atoms with Crippen LogP contribution in [-0.4, -0.2) is 12.2 Å². The Morgan fingerprint density at radius 3 is 1.83 bits per heavy atom. The fraction of sp³-hybridized carbons (Fsp3) is 0.368. The molecule has 0 unspecified atom stereocenters. The lowest BCUT2D eigenvalue weighted by atomic mass is 10.0. The zero-order valence-corrected chi connectivity index (χ0v) is 14.0. The molecule has 4 nitrogen and oxygen atoms in total. The van der Waals surface area contributed by atoms with E-state index < -0.39 is 0 Å². The third kappa shape index (κ3) is 7.06. The summed E-state index contributed by atoms with van der Waals surface area (Å²) < 4.78 is 5.78. The van der Waals surface area contributed by atoms with Crippen LogP contribution in [0.5, 0.6) is 11.5 Å². The molecule has 0 aliphatic heterocycles. The summed E-state index contributed by atoms with van der Waals surface area (Å²) in [6.07, 6.45) is 2.30. The van der Waals surface area contributed by atoms with E-state index in [1.54, 1.807) is 0 Å². The van der Waals surface area contributed by atoms with Gasteiger partial charge in [0.05, 0.1) is 0 Å². The molecule has 0 aromatic heterocycles. The highest BCUT2D eigenvalue weighted by Crippen LogP contribution is 2.23. The Labute approximate surface area is 138 Å². The van der Waals surface area contributed by atoms with Crippen molar-refractivity contribution in [2.75, 3.05) is 7.11 Å². The average molecular weight is 315 g/mol. The molecule has 0 fully saturated rings. The van der Waals surface area contributed by atoms with E-state index in [0.717, 1.165) is 36.5 Å². The molecule has 0 saturated heterocycles. The molecule has 0 saturated carbocycles. The molecule has 0 bridgehead atoms. The van der Waals surface area contributed by atoms with Gasteiger partial charge in [-0.25, -0.2) is 0 Å². The molecule has 0 amide bonds. The maximum Gasteiger partial charge on any atom is 0.127 e. The van der Waals surface area contributed by atoms with E-state index in [1.165, 1.54) is 12.0 Å². The number of nitroso groups, excluding NO2 is 1. The summed E-state index contributed by atoms with van der Waals surface area (Å²) in [5, 5.41) is 9.87. The molecule has 0 spiro atoms. The highest BCUT2D eigenvalue weighted by atomic mass is 16.5. The van der Waals surface area contributed by atoms with Crippen LogP contribution in [0.4, 0.5) is 0 Å². The van der Waals surface area contributed by atoms with E-state index in [0.29, 0.717) is 0 Å². The smallest absolute Gasteiger partial charge is 0.127 e. The quantitative estimate of drug-likeness (QED) is 0.736. The predicted molar refractivity (Wildman–Crippen MR) is 93.8 cm³/mol. The van der Waals surface area contributed by atoms with E-state index in [1.807, 2.05) is 36.4 Å². The molecule has 0 heterocycles. The second kappa shape index (κ2) is 10.5. The number of ether oxygens (including phenoxy) is 1. The average Bonchev–Trinajstić information content (AvgIpc) is 2.58. The number of hydrogen-bond donors (Lipinski definition) is 1. The second-order valence-electron chi connectivity index (χ2n) is 5.61. The summed E-state index contributed by atoms with van der Waals surface area (Å²) in [6, 6.07) is 15.6. The summed E-state index contributed by atoms with van der Waals surface area (Å²) in [7, 11) is 1.00. The fourth-order valence-electron chi connectivity index (χ4n) is 2.05. The first kappa shape index (κ1) is 18.8. The summed E-state index contributed by atoms with van der Waals surface area (Å²) in [5.74, 6) is 2.31. The van der Waals surface area contributed by atoms with E-state index >= 15 is 0 Å². The fourth-order valence-corrected chi connectivity index (χ4v) is 2.05. The molecule has 2 aromatic rings. The lowest BCUT2D eigenvalue weighted by Crippen LogP contribution is -1.92. The molecule has 0 aliphatic carbocycles. The van der Waals surface area contributed by atoms with Crippen LogP contribution < -0.4 is 4.74 Å². The van der Waals surface area contributed by atoms with E-state index in [-0.39, 0.29) is 6.54 Å². The third-order valence-electron chi connectivity index (χ3n) is 3.34. The first-order chi connectivity index (χ1) is 11.2. The summed E-state index contributed by atoms with van der Waals surface area (Å²) in [5.41, 5.74) is 2.23. The van der Waals surface area contributed by atoms with Crippen molar-refractivity contribution >= 4 is 0 Å². The molecule has 2 aromatic carbocycles. The summed E-state index contributed by atoms with van der Waals surface area (Å²) in [4.78, 5) is 10.2. The predicted octanol–water partition coefficient (Wildman–Crippen LogP) is 4.94. The van der Waals surface area contributed by atoms with Gasteiger partial charge in [0, 0.05) is 7.11 Å². The van der Waals surface area contributed by atoms with Crippen molar-refractivity contribution in [2.45, 2.75) is 33.2 Å². The highest BCUT2D eigenvalue weighted by Gasteiger charge is 2.00. The Kier molecular flexibility index (Phi) is 8.62. The van der Waals surface area contributed by atoms with Gasteiger partial charge in [-0.2, -0.15) is 4.91 Å². The molecule has 124 valence electrons. The molecule has 0 radical (unpaired) electrons. The van der Waals surface area contributed by atoms with Crippen LogP contribution in [0, 0.1) is 10.8 Å². The van der Waals surface area contributed by atoms with Gasteiger partial charge in [0.25, 0.3) is 0 Å². The van der Waals surface area contributed by atoms with Gasteiger partial charge in [0.15, 0.2) is 0 Å². The minimum Gasteiger partial charge on any atom is -0.457 e. The van der Waals surface area contributed by atoms with Gasteiger partial charge in [-0.3, -0.25) is 0 Å². The zero-order valence-electron chi connectivity index (χ0n) is 14.0. The van der Waals surface area contributed by atoms with Gasteiger partial charge in [-0.15, -0.1) is 0 Å². The van der Waals surface area contributed by atoms with Crippen molar-refractivity contribution in [1.82, 2.24) is 0 Å². The van der Waals surface area contributed by atoms with Gasteiger partial charge in [-0.1, -0.05) is 43.3 Å². The summed E-state index contributed by atoms with van der Waals surface area (Å²) >= 11 is 0. The van der Waals surface area contributed by atoms with Gasteiger partial charge in [0.2, 0.25) is 0 Å². The Bertz CT molecular complexity index is 562. The second-order valence-corrected chi connectivity index (χ2v) is 5.61. The lowest BCUT2D eigenvalue weighted by Gasteiger charge is -2.08. The molecule has 2 rings (SSSR count). The van der Waals surface area contributed by atoms with Crippen molar-refractivity contribution in [1.29, 1.82) is 0 Å². The van der Waals surface area contributed by atoms with Crippen molar-refractivity contribution in [3.63, 3.8) is 0 Å². The third-order valence-corrected chi connectivity index (χ3v) is 3.34. The van der Waals surface area contributed by atoms with Crippen LogP contribution in [0.15, 0.2) is 53.7 Å². The standard InChI is InChI=1S/C18H21NO2.CH4O/c1-14(2)3-4-15-5-9-17(10-6-15)21-18-11-7-16(8-12-18)13-19-20;1-2/h5-12,14H,3-4,13H2,1-2H3;2H,1H3. The Hall–Kier alpha value is -2.20. The van der Waals surface area contributed by atoms with Crippen LogP contribution in [0.25, 0.3) is 0 Å². The van der Waals surface area contributed by atoms with Gasteiger partial charge in [-0.05, 0) is 54.2 Å². The molecule has 23 heavy (non-hydrogen) atoms. The molecular weight excluding hydrogens is 290 g/mol. The summed E-state index contributed by atoms with van der Waals surface area (Å²) in [6.45, 7) is 4.67. The number of aryl methyl sites for hydroxylation is 1. The number of rotatable bonds is 7. The van der Waals surface area contributed by atoms with Gasteiger partial charge < -0.3 is 9.84 Å². The van der Waals surface area contributed by atoms with Crippen LogP contribution in [-0.2, 0) is 13.0 Å². The first-order valence-electron chi connectivity index (χ1n) is 7.77. The van der Waals surface area contributed by atoms with Crippen molar-refractivity contribution in [2.24, 2.45) is 11.1 Å². The maximum absolute atomic E-state index is 10.2. The number of nitrogens with zero attached hydrogens (tertiary/aromatic N) is 1. The SMILES string of the molecule is CC(C)CCc1ccc(Oc2ccc(CN=O)cc2)cc1.CO. The monoisotopic (exact) mass is 315 g/mol. The molecule has 0 atom stereocenters. The van der Waals surface area contributed by atoms with Crippen LogP contribution in [0.1, 0.15) is 31.4 Å². The minimum atomic E-state index is 0.199. The van der Waals surface area contributed by atoms with E-state index in [9.17, 15) is 4.91 Å². The molecule has 4 heteroatoms. The first-order valence-corrected chi connectivity index (χ1v) is 7.77. The Morgan fingerprint density at radius 2 is 1.39 bits per heavy atom. The van der Waals surface area contributed by atoms with Gasteiger partial charge >= 0.3 is 0 Å². The molecular formula is C19H25NO3. The van der Waals surface area contributed by atoms with Crippen molar-refractivity contribution in [3.8, 4) is 11.5 Å².